The Balaban J connectivity index is 1.25. The van der Waals surface area contributed by atoms with Gasteiger partial charge in [-0.05, 0) is 41.8 Å². The van der Waals surface area contributed by atoms with Gasteiger partial charge in [-0.15, -0.1) is 0 Å². The van der Waals surface area contributed by atoms with Gasteiger partial charge in [-0.1, -0.05) is 42.5 Å². The summed E-state index contributed by atoms with van der Waals surface area (Å²) in [6.07, 6.45) is 1.60. The van der Waals surface area contributed by atoms with Crippen molar-refractivity contribution in [1.29, 1.82) is 0 Å². The van der Waals surface area contributed by atoms with E-state index in [-0.39, 0.29) is 22.8 Å². The fourth-order valence-electron chi connectivity index (χ4n) is 4.49. The molecule has 0 saturated heterocycles. The number of hydrogen-bond donors (Lipinski definition) is 0. The Labute approximate surface area is 194 Å². The third kappa shape index (κ3) is 4.22. The van der Waals surface area contributed by atoms with Gasteiger partial charge in [0.05, 0.1) is 10.8 Å². The molecule has 8 heteroatoms. The first kappa shape index (κ1) is 21.6. The van der Waals surface area contributed by atoms with Crippen molar-refractivity contribution in [1.82, 2.24) is 0 Å². The van der Waals surface area contributed by atoms with Crippen molar-refractivity contribution in [2.45, 2.75) is 31.5 Å². The molecule has 2 aliphatic rings. The number of para-hydroxylation sites is 1. The minimum Gasteiger partial charge on any atom is -0.493 e. The van der Waals surface area contributed by atoms with Gasteiger partial charge in [-0.25, -0.2) is 4.79 Å². The van der Waals surface area contributed by atoms with E-state index in [0.29, 0.717) is 25.0 Å². The number of benzene rings is 3. The summed E-state index contributed by atoms with van der Waals surface area (Å²) in [5.74, 6) is -0.609. The summed E-state index contributed by atoms with van der Waals surface area (Å²) in [5.41, 5.74) is -0.398. The summed E-state index contributed by atoms with van der Waals surface area (Å²) in [6.45, 7) is 0. The van der Waals surface area contributed by atoms with Gasteiger partial charge in [0.2, 0.25) is 11.5 Å². The molecular formula is C26H21NO7. The fourth-order valence-corrected chi connectivity index (χ4v) is 4.49. The van der Waals surface area contributed by atoms with E-state index in [1.165, 1.54) is 24.5 Å². The Morgan fingerprint density at radius 2 is 1.76 bits per heavy atom. The average Bonchev–Trinajstić information content (AvgIpc) is 2.85. The molecule has 0 aromatic heterocycles. The molecule has 3 atom stereocenters. The zero-order valence-electron chi connectivity index (χ0n) is 18.1. The maximum atomic E-state index is 13.0. The predicted molar refractivity (Wildman–Crippen MR) is 122 cm³/mol. The number of fused-ring (bicyclic) bond motifs is 2. The molecule has 1 heterocycles. The number of carbonyl (C=O) groups is 2. The second kappa shape index (κ2) is 8.97. The van der Waals surface area contributed by atoms with E-state index in [1.807, 2.05) is 42.5 Å². The van der Waals surface area contributed by atoms with Gasteiger partial charge in [-0.3, -0.25) is 14.9 Å². The number of Topliss-reactive ketones (excluding diaryl/α,β-unsaturated/α-hetero) is 1. The molecule has 0 spiro atoms. The molecule has 0 radical (unpaired) electrons. The van der Waals surface area contributed by atoms with Crippen LogP contribution in [0.1, 0.15) is 29.6 Å². The Kier molecular flexibility index (Phi) is 5.71. The SMILES string of the molecule is O=C(OC1CCC2C(=O)C(Oc3ccc4ccccc4c3)=COC2C1)c1ccccc1[N+](=O)[O-]. The molecule has 0 amide bonds. The fraction of sp³-hybridized carbons (Fsp3) is 0.231. The minimum atomic E-state index is -0.756. The largest absolute Gasteiger partial charge is 0.493 e. The molecule has 3 aromatic carbocycles. The van der Waals surface area contributed by atoms with Crippen molar-refractivity contribution in [3.8, 4) is 5.75 Å². The summed E-state index contributed by atoms with van der Waals surface area (Å²) < 4.78 is 17.2. The Morgan fingerprint density at radius 3 is 2.59 bits per heavy atom. The van der Waals surface area contributed by atoms with E-state index in [0.717, 1.165) is 10.8 Å². The van der Waals surface area contributed by atoms with Crippen LogP contribution >= 0.6 is 0 Å². The van der Waals surface area contributed by atoms with Gasteiger partial charge < -0.3 is 14.2 Å². The molecule has 1 aliphatic heterocycles. The standard InChI is InChI=1S/C26H21NO7/c28-25-21-12-11-19(34-26(29)20-7-3-4-8-22(20)27(30)31)14-23(21)32-15-24(25)33-18-10-9-16-5-1-2-6-17(16)13-18/h1-10,13,15,19,21,23H,11-12,14H2. The zero-order valence-corrected chi connectivity index (χ0v) is 18.1. The lowest BCUT2D eigenvalue weighted by Crippen LogP contribution is -2.43. The number of ketones is 1. The second-order valence-corrected chi connectivity index (χ2v) is 8.35. The van der Waals surface area contributed by atoms with Crippen LogP contribution in [0.2, 0.25) is 0 Å². The van der Waals surface area contributed by atoms with Crippen molar-refractivity contribution < 1.29 is 28.7 Å². The normalized spacial score (nSPS) is 21.7. The van der Waals surface area contributed by atoms with Crippen LogP contribution in [0.15, 0.2) is 78.8 Å². The van der Waals surface area contributed by atoms with Gasteiger partial charge in [-0.2, -0.15) is 0 Å². The van der Waals surface area contributed by atoms with Crippen molar-refractivity contribution in [3.63, 3.8) is 0 Å². The van der Waals surface area contributed by atoms with E-state index in [4.69, 9.17) is 14.2 Å². The topological polar surface area (TPSA) is 105 Å². The molecule has 3 aromatic rings. The average molecular weight is 459 g/mol. The number of nitro benzene ring substituents is 1. The maximum Gasteiger partial charge on any atom is 0.345 e. The molecular weight excluding hydrogens is 438 g/mol. The van der Waals surface area contributed by atoms with Crippen LogP contribution in [0.25, 0.3) is 10.8 Å². The van der Waals surface area contributed by atoms with Crippen LogP contribution in [-0.4, -0.2) is 28.9 Å². The lowest BCUT2D eigenvalue weighted by molar-refractivity contribution is -0.385. The summed E-state index contributed by atoms with van der Waals surface area (Å²) in [7, 11) is 0. The Bertz CT molecular complexity index is 1320. The molecule has 0 bridgehead atoms. The van der Waals surface area contributed by atoms with E-state index in [2.05, 4.69) is 0 Å². The quantitative estimate of drug-likeness (QED) is 0.302. The first-order valence-corrected chi connectivity index (χ1v) is 11.0. The van der Waals surface area contributed by atoms with Crippen molar-refractivity contribution in [2.75, 3.05) is 0 Å². The highest BCUT2D eigenvalue weighted by molar-refractivity contribution is 5.97. The van der Waals surface area contributed by atoms with E-state index in [9.17, 15) is 19.7 Å². The van der Waals surface area contributed by atoms with E-state index in [1.54, 1.807) is 6.07 Å². The molecule has 1 saturated carbocycles. The van der Waals surface area contributed by atoms with Crippen LogP contribution < -0.4 is 4.74 Å². The first-order chi connectivity index (χ1) is 16.5. The summed E-state index contributed by atoms with van der Waals surface area (Å²) in [6, 6.07) is 19.1. The molecule has 8 nitrogen and oxygen atoms in total. The number of carbonyl (C=O) groups excluding carboxylic acids is 2. The van der Waals surface area contributed by atoms with E-state index < -0.39 is 29.0 Å². The van der Waals surface area contributed by atoms with Crippen LogP contribution in [0.5, 0.6) is 5.75 Å². The number of ether oxygens (including phenoxy) is 3. The third-order valence-electron chi connectivity index (χ3n) is 6.22. The Hall–Kier alpha value is -4.20. The number of hydrogen-bond acceptors (Lipinski definition) is 7. The molecule has 0 N–H and O–H groups in total. The number of nitrogens with zero attached hydrogens (tertiary/aromatic N) is 1. The van der Waals surface area contributed by atoms with Crippen LogP contribution in [0.4, 0.5) is 5.69 Å². The lowest BCUT2D eigenvalue weighted by atomic mass is 9.80. The highest BCUT2D eigenvalue weighted by atomic mass is 16.6. The highest BCUT2D eigenvalue weighted by Crippen LogP contribution is 2.36. The van der Waals surface area contributed by atoms with Gasteiger partial charge in [0.15, 0.2) is 0 Å². The molecule has 3 unspecified atom stereocenters. The number of allylic oxidation sites excluding steroid dienone is 1. The Morgan fingerprint density at radius 1 is 1.00 bits per heavy atom. The molecule has 5 rings (SSSR count). The van der Waals surface area contributed by atoms with Crippen LogP contribution in [0.3, 0.4) is 0 Å². The zero-order chi connectivity index (χ0) is 23.7. The molecule has 1 aliphatic carbocycles. The maximum absolute atomic E-state index is 13.0. The molecule has 1 fully saturated rings. The summed E-state index contributed by atoms with van der Waals surface area (Å²) >= 11 is 0. The predicted octanol–water partition coefficient (Wildman–Crippen LogP) is 4.96. The lowest BCUT2D eigenvalue weighted by Gasteiger charge is -2.36. The van der Waals surface area contributed by atoms with Crippen molar-refractivity contribution in [2.24, 2.45) is 5.92 Å². The second-order valence-electron chi connectivity index (χ2n) is 8.35. The summed E-state index contributed by atoms with van der Waals surface area (Å²) in [4.78, 5) is 36.2. The van der Waals surface area contributed by atoms with Gasteiger partial charge in [0, 0.05) is 12.5 Å². The summed E-state index contributed by atoms with van der Waals surface area (Å²) in [5, 5.41) is 13.3. The van der Waals surface area contributed by atoms with Crippen LogP contribution in [0, 0.1) is 16.0 Å². The molecule has 172 valence electrons. The minimum absolute atomic E-state index is 0.0961. The van der Waals surface area contributed by atoms with Gasteiger partial charge >= 0.3 is 5.97 Å². The smallest absolute Gasteiger partial charge is 0.345 e. The number of nitro groups is 1. The monoisotopic (exact) mass is 459 g/mol. The number of rotatable bonds is 5. The first-order valence-electron chi connectivity index (χ1n) is 11.0. The van der Waals surface area contributed by atoms with E-state index >= 15 is 0 Å². The third-order valence-corrected chi connectivity index (χ3v) is 6.22. The molecule has 34 heavy (non-hydrogen) atoms. The van der Waals surface area contributed by atoms with Crippen molar-refractivity contribution >= 4 is 28.2 Å². The van der Waals surface area contributed by atoms with Crippen molar-refractivity contribution in [3.05, 3.63) is 94.4 Å². The van der Waals surface area contributed by atoms with Gasteiger partial charge in [0.1, 0.15) is 29.8 Å². The van der Waals surface area contributed by atoms with Crippen LogP contribution in [-0.2, 0) is 14.3 Å². The highest BCUT2D eigenvalue weighted by Gasteiger charge is 2.42. The van der Waals surface area contributed by atoms with Gasteiger partial charge in [0.25, 0.3) is 5.69 Å². The number of esters is 1.